The molecule has 4 aromatic rings. The Morgan fingerprint density at radius 3 is 2.03 bits per heavy atom. The van der Waals surface area contributed by atoms with Crippen molar-refractivity contribution >= 4 is 16.7 Å². The van der Waals surface area contributed by atoms with Crippen molar-refractivity contribution in [3.8, 4) is 5.69 Å². The van der Waals surface area contributed by atoms with Crippen molar-refractivity contribution in [2.45, 2.75) is 33.6 Å². The molecule has 0 saturated carbocycles. The number of carbonyl (C=O) groups is 1. The van der Waals surface area contributed by atoms with Crippen LogP contribution >= 0.6 is 0 Å². The Morgan fingerprint density at radius 1 is 0.839 bits per heavy atom. The van der Waals surface area contributed by atoms with Gasteiger partial charge in [0.2, 0.25) is 0 Å². The number of nitrogens with two attached hydrogens (primary N) is 1. The Labute approximate surface area is 183 Å². The third-order valence-corrected chi connectivity index (χ3v) is 5.31. The summed E-state index contributed by atoms with van der Waals surface area (Å²) in [6.07, 6.45) is 2.45. The van der Waals surface area contributed by atoms with Gasteiger partial charge in [-0.1, -0.05) is 80.1 Å². The minimum absolute atomic E-state index is 0.146. The number of pyridine rings is 1. The van der Waals surface area contributed by atoms with Gasteiger partial charge in [-0.25, -0.2) is 0 Å². The van der Waals surface area contributed by atoms with Crippen molar-refractivity contribution in [2.75, 3.05) is 0 Å². The second-order valence-corrected chi connectivity index (χ2v) is 7.53. The molecule has 0 bridgehead atoms. The number of carbonyl (C=O) groups excluding carboxylic acids is 1. The van der Waals surface area contributed by atoms with Crippen molar-refractivity contribution < 1.29 is 4.79 Å². The monoisotopic (exact) mass is 412 g/mol. The van der Waals surface area contributed by atoms with E-state index in [-0.39, 0.29) is 5.56 Å². The first-order chi connectivity index (χ1) is 15.0. The van der Waals surface area contributed by atoms with Crippen molar-refractivity contribution in [3.05, 3.63) is 112 Å². The normalized spacial score (nSPS) is 10.4. The van der Waals surface area contributed by atoms with Gasteiger partial charge < -0.3 is 5.73 Å². The van der Waals surface area contributed by atoms with E-state index in [1.54, 1.807) is 35.8 Å². The van der Waals surface area contributed by atoms with E-state index in [4.69, 9.17) is 5.73 Å². The minimum Gasteiger partial charge on any atom is -0.366 e. The van der Waals surface area contributed by atoms with E-state index in [0.29, 0.717) is 22.0 Å². The molecule has 1 aromatic heterocycles. The number of para-hydroxylation sites is 1. The molecular formula is C27H28N2O2. The topological polar surface area (TPSA) is 65.1 Å². The highest BCUT2D eigenvalue weighted by molar-refractivity contribution is 6.07. The number of aromatic nitrogens is 1. The molecule has 0 fully saturated rings. The zero-order chi connectivity index (χ0) is 22.4. The van der Waals surface area contributed by atoms with Gasteiger partial charge in [-0.05, 0) is 43.5 Å². The molecule has 158 valence electrons. The smallest absolute Gasteiger partial charge is 0.263 e. The summed E-state index contributed by atoms with van der Waals surface area (Å²) in [5, 5.41) is 1.09. The number of hydrogen-bond donors (Lipinski definition) is 1. The molecule has 3 aromatic carbocycles. The van der Waals surface area contributed by atoms with E-state index in [1.807, 2.05) is 31.2 Å². The van der Waals surface area contributed by atoms with Gasteiger partial charge in [0, 0.05) is 16.5 Å². The van der Waals surface area contributed by atoms with Crippen molar-refractivity contribution in [1.29, 1.82) is 0 Å². The Kier molecular flexibility index (Phi) is 7.03. The van der Waals surface area contributed by atoms with Gasteiger partial charge in [0.1, 0.15) is 0 Å². The van der Waals surface area contributed by atoms with Crippen LogP contribution in [0.15, 0.2) is 83.7 Å². The quantitative estimate of drug-likeness (QED) is 0.491. The van der Waals surface area contributed by atoms with Crippen LogP contribution in [0.5, 0.6) is 0 Å². The number of benzene rings is 3. The van der Waals surface area contributed by atoms with Gasteiger partial charge in [0.25, 0.3) is 11.5 Å². The Bertz CT molecular complexity index is 1260. The lowest BCUT2D eigenvalue weighted by Gasteiger charge is -2.17. The van der Waals surface area contributed by atoms with Crippen LogP contribution in [0.4, 0.5) is 0 Å². The largest absolute Gasteiger partial charge is 0.366 e. The highest BCUT2D eigenvalue weighted by atomic mass is 16.1. The number of primary amides is 1. The highest BCUT2D eigenvalue weighted by Crippen LogP contribution is 2.22. The van der Waals surface area contributed by atoms with Crippen LogP contribution in [-0.4, -0.2) is 10.5 Å². The molecule has 0 atom stereocenters. The first-order valence-electron chi connectivity index (χ1n) is 10.5. The number of aryl methyl sites for hydroxylation is 2. The van der Waals surface area contributed by atoms with Gasteiger partial charge >= 0.3 is 0 Å². The zero-order valence-electron chi connectivity index (χ0n) is 18.3. The Balaban J connectivity index is 0.000000254. The second kappa shape index (κ2) is 9.90. The zero-order valence-corrected chi connectivity index (χ0v) is 18.3. The molecule has 0 saturated heterocycles. The molecule has 0 spiro atoms. The number of fused-ring (bicyclic) bond motifs is 1. The average molecular weight is 413 g/mol. The number of nitrogens with zero attached hydrogens (tertiary/aromatic N) is 1. The van der Waals surface area contributed by atoms with E-state index >= 15 is 0 Å². The van der Waals surface area contributed by atoms with E-state index in [2.05, 4.69) is 37.3 Å². The molecule has 0 aliphatic heterocycles. The summed E-state index contributed by atoms with van der Waals surface area (Å²) < 4.78 is 1.57. The summed E-state index contributed by atoms with van der Waals surface area (Å²) >= 11 is 0. The van der Waals surface area contributed by atoms with Gasteiger partial charge in [0.05, 0.1) is 11.3 Å². The van der Waals surface area contributed by atoms with E-state index in [1.165, 1.54) is 18.4 Å². The lowest BCUT2D eigenvalue weighted by molar-refractivity contribution is 0.100. The Hall–Kier alpha value is -3.66. The fraction of sp³-hybridized carbons (Fsp3) is 0.185. The maximum atomic E-state index is 12.9. The summed E-state index contributed by atoms with van der Waals surface area (Å²) in [5.74, 6) is -0.531. The number of rotatable bonds is 4. The van der Waals surface area contributed by atoms with Crippen LogP contribution in [0.1, 0.15) is 40.5 Å². The maximum Gasteiger partial charge on any atom is 0.263 e. The van der Waals surface area contributed by atoms with Crippen LogP contribution in [-0.2, 0) is 6.42 Å². The van der Waals surface area contributed by atoms with Gasteiger partial charge in [-0.15, -0.1) is 0 Å². The maximum absolute atomic E-state index is 12.9. The van der Waals surface area contributed by atoms with E-state index in [9.17, 15) is 9.59 Å². The fourth-order valence-corrected chi connectivity index (χ4v) is 3.82. The minimum atomic E-state index is -0.531. The first-order valence-corrected chi connectivity index (χ1v) is 10.5. The molecule has 0 radical (unpaired) electrons. The van der Waals surface area contributed by atoms with Gasteiger partial charge in [0.15, 0.2) is 0 Å². The molecule has 0 aliphatic rings. The molecule has 4 nitrogen and oxygen atoms in total. The van der Waals surface area contributed by atoms with Crippen LogP contribution in [0.2, 0.25) is 0 Å². The van der Waals surface area contributed by atoms with E-state index < -0.39 is 5.91 Å². The molecule has 1 amide bonds. The SMILES string of the molecule is CCCc1ccccc1.Cc1ccccc1-n1c(C)c(C(N)=O)c2ccccc2c1=O. The number of hydrogen-bond acceptors (Lipinski definition) is 2. The van der Waals surface area contributed by atoms with Crippen molar-refractivity contribution in [3.63, 3.8) is 0 Å². The molecule has 4 rings (SSSR count). The number of amides is 1. The standard InChI is InChI=1S/C18H16N2O2.C9H12/c1-11-7-3-6-10-15(11)20-12(2)16(17(19)21)13-8-4-5-9-14(13)18(20)22;1-2-6-9-7-4-3-5-8-9/h3-10H,1-2H3,(H2,19,21);3-5,7-8H,2,6H2,1H3. The molecule has 2 N–H and O–H groups in total. The third-order valence-electron chi connectivity index (χ3n) is 5.31. The highest BCUT2D eigenvalue weighted by Gasteiger charge is 2.18. The van der Waals surface area contributed by atoms with Gasteiger partial charge in [-0.3, -0.25) is 14.2 Å². The lowest BCUT2D eigenvalue weighted by atomic mass is 10.0. The summed E-state index contributed by atoms with van der Waals surface area (Å²) in [4.78, 5) is 24.8. The Morgan fingerprint density at radius 2 is 1.42 bits per heavy atom. The van der Waals surface area contributed by atoms with Crippen LogP contribution < -0.4 is 11.3 Å². The summed E-state index contributed by atoms with van der Waals surface area (Å²) in [6, 6.07) is 25.2. The van der Waals surface area contributed by atoms with Crippen LogP contribution in [0.3, 0.4) is 0 Å². The predicted molar refractivity (Wildman–Crippen MR) is 128 cm³/mol. The second-order valence-electron chi connectivity index (χ2n) is 7.53. The average Bonchev–Trinajstić information content (AvgIpc) is 2.76. The first kappa shape index (κ1) is 22.0. The van der Waals surface area contributed by atoms with Crippen molar-refractivity contribution in [1.82, 2.24) is 4.57 Å². The van der Waals surface area contributed by atoms with Gasteiger partial charge in [-0.2, -0.15) is 0 Å². The summed E-state index contributed by atoms with van der Waals surface area (Å²) in [5.41, 5.74) is 9.53. The molecule has 31 heavy (non-hydrogen) atoms. The molecule has 0 unspecified atom stereocenters. The van der Waals surface area contributed by atoms with E-state index in [0.717, 1.165) is 11.3 Å². The fourth-order valence-electron chi connectivity index (χ4n) is 3.82. The van der Waals surface area contributed by atoms with Crippen molar-refractivity contribution in [2.24, 2.45) is 5.73 Å². The van der Waals surface area contributed by atoms with Crippen LogP contribution in [0.25, 0.3) is 16.5 Å². The third kappa shape index (κ3) is 4.75. The van der Waals surface area contributed by atoms with Crippen LogP contribution in [0, 0.1) is 13.8 Å². The summed E-state index contributed by atoms with van der Waals surface area (Å²) in [6.45, 7) is 5.88. The molecule has 4 heteroatoms. The molecular weight excluding hydrogens is 384 g/mol. The lowest BCUT2D eigenvalue weighted by Crippen LogP contribution is -2.26. The predicted octanol–water partition coefficient (Wildman–Crippen LogP) is 5.35. The molecule has 1 heterocycles. The molecule has 0 aliphatic carbocycles. The summed E-state index contributed by atoms with van der Waals surface area (Å²) in [7, 11) is 0.